The second kappa shape index (κ2) is 10.4. The minimum absolute atomic E-state index is 0.101. The highest BCUT2D eigenvalue weighted by atomic mass is 16.6. The molecule has 0 aromatic heterocycles. The molecular formula is C29H26O6. The van der Waals surface area contributed by atoms with Gasteiger partial charge in [-0.2, -0.15) is 0 Å². The molecule has 1 aliphatic carbocycles. The monoisotopic (exact) mass is 470 g/mol. The second-order valence-corrected chi connectivity index (χ2v) is 8.40. The van der Waals surface area contributed by atoms with Gasteiger partial charge in [-0.3, -0.25) is 0 Å². The van der Waals surface area contributed by atoms with E-state index in [9.17, 15) is 14.7 Å². The SMILES string of the molecule is CC(COC1(C(=O)O)C=CC(c2ccccc2)=CC1)Oc1ccc(-c2ccc(C(=O)O)cc2)cc1. The molecule has 0 bridgehead atoms. The van der Waals surface area contributed by atoms with Gasteiger partial charge in [0.25, 0.3) is 0 Å². The molecule has 0 fully saturated rings. The van der Waals surface area contributed by atoms with Gasteiger partial charge in [0, 0.05) is 6.42 Å². The van der Waals surface area contributed by atoms with Gasteiger partial charge in [-0.1, -0.05) is 66.7 Å². The Labute approximate surface area is 203 Å². The van der Waals surface area contributed by atoms with E-state index in [1.165, 1.54) is 0 Å². The maximum Gasteiger partial charge on any atom is 0.340 e. The van der Waals surface area contributed by atoms with Crippen LogP contribution < -0.4 is 4.74 Å². The number of hydrogen-bond donors (Lipinski definition) is 2. The van der Waals surface area contributed by atoms with E-state index in [-0.39, 0.29) is 24.7 Å². The number of benzene rings is 3. The summed E-state index contributed by atoms with van der Waals surface area (Å²) in [5.41, 5.74) is 2.63. The van der Waals surface area contributed by atoms with E-state index < -0.39 is 17.5 Å². The third-order valence-electron chi connectivity index (χ3n) is 5.86. The maximum absolute atomic E-state index is 12.0. The Kier molecular flexibility index (Phi) is 7.13. The van der Waals surface area contributed by atoms with Crippen molar-refractivity contribution >= 4 is 17.5 Å². The molecule has 0 aliphatic heterocycles. The third-order valence-corrected chi connectivity index (χ3v) is 5.86. The average Bonchev–Trinajstić information content (AvgIpc) is 2.89. The van der Waals surface area contributed by atoms with Crippen LogP contribution in [0.4, 0.5) is 0 Å². The molecule has 35 heavy (non-hydrogen) atoms. The zero-order valence-corrected chi connectivity index (χ0v) is 19.3. The molecule has 2 atom stereocenters. The Hall–Kier alpha value is -4.16. The fraction of sp³-hybridized carbons (Fsp3) is 0.172. The molecule has 0 spiro atoms. The minimum Gasteiger partial charge on any atom is -0.488 e. The molecule has 0 amide bonds. The number of carbonyl (C=O) groups is 2. The molecule has 1 aliphatic rings. The first-order chi connectivity index (χ1) is 16.9. The first-order valence-corrected chi connectivity index (χ1v) is 11.3. The Bertz CT molecular complexity index is 1240. The standard InChI is InChI=1S/C29H26O6/c1-20(35-26-13-11-23(12-14-26)22-7-9-25(10-8-22)27(30)31)19-34-29(28(32)33)17-15-24(16-18-29)21-5-3-2-4-6-21/h2-17,20H,18-19H2,1H3,(H,30,31)(H,32,33). The summed E-state index contributed by atoms with van der Waals surface area (Å²) in [5.74, 6) is -1.37. The fourth-order valence-corrected chi connectivity index (χ4v) is 3.86. The molecule has 6 nitrogen and oxygen atoms in total. The Morgan fingerprint density at radius 3 is 2.06 bits per heavy atom. The Morgan fingerprint density at radius 1 is 0.886 bits per heavy atom. The van der Waals surface area contributed by atoms with Crippen molar-refractivity contribution < 1.29 is 29.3 Å². The lowest BCUT2D eigenvalue weighted by atomic mass is 9.89. The van der Waals surface area contributed by atoms with E-state index in [2.05, 4.69) is 0 Å². The van der Waals surface area contributed by atoms with E-state index in [0.717, 1.165) is 22.3 Å². The lowest BCUT2D eigenvalue weighted by molar-refractivity contribution is -0.161. The number of aromatic carboxylic acids is 1. The maximum atomic E-state index is 12.0. The topological polar surface area (TPSA) is 93.1 Å². The van der Waals surface area contributed by atoms with Gasteiger partial charge in [0.05, 0.1) is 12.2 Å². The molecular weight excluding hydrogens is 444 g/mol. The molecule has 6 heteroatoms. The van der Waals surface area contributed by atoms with Gasteiger partial charge in [-0.25, -0.2) is 9.59 Å². The van der Waals surface area contributed by atoms with Crippen LogP contribution in [0, 0.1) is 0 Å². The highest BCUT2D eigenvalue weighted by Gasteiger charge is 2.38. The summed E-state index contributed by atoms with van der Waals surface area (Å²) < 4.78 is 11.8. The van der Waals surface area contributed by atoms with E-state index in [1.807, 2.05) is 67.6 Å². The third kappa shape index (κ3) is 5.67. The van der Waals surface area contributed by atoms with Crippen LogP contribution in [0.3, 0.4) is 0 Å². The molecule has 3 aromatic carbocycles. The highest BCUT2D eigenvalue weighted by Crippen LogP contribution is 2.30. The van der Waals surface area contributed by atoms with Crippen molar-refractivity contribution in [3.63, 3.8) is 0 Å². The summed E-state index contributed by atoms with van der Waals surface area (Å²) in [7, 11) is 0. The van der Waals surface area contributed by atoms with E-state index in [1.54, 1.807) is 36.4 Å². The quantitative estimate of drug-likeness (QED) is 0.417. The van der Waals surface area contributed by atoms with Crippen molar-refractivity contribution in [2.24, 2.45) is 0 Å². The summed E-state index contributed by atoms with van der Waals surface area (Å²) in [6.45, 7) is 1.93. The summed E-state index contributed by atoms with van der Waals surface area (Å²) in [6.07, 6.45) is 5.14. The molecule has 178 valence electrons. The van der Waals surface area contributed by atoms with Gasteiger partial charge in [0.15, 0.2) is 5.60 Å². The van der Waals surface area contributed by atoms with Crippen LogP contribution in [0.15, 0.2) is 97.1 Å². The predicted molar refractivity (Wildman–Crippen MR) is 133 cm³/mol. The van der Waals surface area contributed by atoms with Crippen molar-refractivity contribution in [1.82, 2.24) is 0 Å². The van der Waals surface area contributed by atoms with Crippen LogP contribution in [0.1, 0.15) is 29.3 Å². The number of ether oxygens (including phenoxy) is 2. The summed E-state index contributed by atoms with van der Waals surface area (Å²) in [5, 5.41) is 18.9. The molecule has 0 saturated heterocycles. The molecule has 3 aromatic rings. The smallest absolute Gasteiger partial charge is 0.340 e. The number of aliphatic carboxylic acids is 1. The van der Waals surface area contributed by atoms with Crippen molar-refractivity contribution in [1.29, 1.82) is 0 Å². The van der Waals surface area contributed by atoms with Gasteiger partial charge >= 0.3 is 11.9 Å². The zero-order chi connectivity index (χ0) is 24.8. The molecule has 4 rings (SSSR count). The normalized spacial score (nSPS) is 17.9. The first kappa shape index (κ1) is 24.0. The van der Waals surface area contributed by atoms with Gasteiger partial charge in [-0.15, -0.1) is 0 Å². The van der Waals surface area contributed by atoms with Crippen LogP contribution in [0.2, 0.25) is 0 Å². The lowest BCUT2D eigenvalue weighted by Crippen LogP contribution is -2.42. The van der Waals surface area contributed by atoms with Crippen LogP contribution >= 0.6 is 0 Å². The van der Waals surface area contributed by atoms with Gasteiger partial charge in [-0.05, 0) is 59.5 Å². The summed E-state index contributed by atoms with van der Waals surface area (Å²) in [6, 6.07) is 23.9. The Morgan fingerprint density at radius 2 is 1.51 bits per heavy atom. The van der Waals surface area contributed by atoms with E-state index >= 15 is 0 Å². The van der Waals surface area contributed by atoms with Crippen LogP contribution in [-0.4, -0.2) is 40.5 Å². The Balaban J connectivity index is 1.35. The van der Waals surface area contributed by atoms with E-state index in [0.29, 0.717) is 5.75 Å². The molecule has 2 N–H and O–H groups in total. The van der Waals surface area contributed by atoms with Crippen LogP contribution in [0.5, 0.6) is 5.75 Å². The zero-order valence-electron chi connectivity index (χ0n) is 19.3. The highest BCUT2D eigenvalue weighted by molar-refractivity contribution is 5.88. The molecule has 2 unspecified atom stereocenters. The van der Waals surface area contributed by atoms with Crippen molar-refractivity contribution in [2.75, 3.05) is 6.61 Å². The number of hydrogen-bond acceptors (Lipinski definition) is 4. The molecule has 0 heterocycles. The number of carboxylic acids is 2. The minimum atomic E-state index is -1.43. The van der Waals surface area contributed by atoms with Crippen LogP contribution in [0.25, 0.3) is 16.7 Å². The van der Waals surface area contributed by atoms with Crippen molar-refractivity contribution in [3.8, 4) is 16.9 Å². The lowest BCUT2D eigenvalue weighted by Gasteiger charge is -2.29. The average molecular weight is 471 g/mol. The summed E-state index contributed by atoms with van der Waals surface area (Å²) in [4.78, 5) is 23.1. The predicted octanol–water partition coefficient (Wildman–Crippen LogP) is 5.70. The van der Waals surface area contributed by atoms with Gasteiger partial charge in [0.2, 0.25) is 0 Å². The number of allylic oxidation sites excluding steroid dienone is 2. The second-order valence-electron chi connectivity index (χ2n) is 8.40. The number of carboxylic acid groups (broad SMARTS) is 2. The van der Waals surface area contributed by atoms with E-state index in [4.69, 9.17) is 14.6 Å². The number of rotatable bonds is 9. The van der Waals surface area contributed by atoms with Gasteiger partial charge in [0.1, 0.15) is 11.9 Å². The largest absolute Gasteiger partial charge is 0.488 e. The van der Waals surface area contributed by atoms with Crippen LogP contribution in [-0.2, 0) is 9.53 Å². The molecule has 0 saturated carbocycles. The molecule has 0 radical (unpaired) electrons. The summed E-state index contributed by atoms with van der Waals surface area (Å²) >= 11 is 0. The fourth-order valence-electron chi connectivity index (χ4n) is 3.86. The van der Waals surface area contributed by atoms with Gasteiger partial charge < -0.3 is 19.7 Å². The van der Waals surface area contributed by atoms with Crippen molar-refractivity contribution in [2.45, 2.75) is 25.0 Å². The first-order valence-electron chi connectivity index (χ1n) is 11.3. The van der Waals surface area contributed by atoms with Crippen molar-refractivity contribution in [3.05, 3.63) is 108 Å².